The molecule has 0 aliphatic carbocycles. The summed E-state index contributed by atoms with van der Waals surface area (Å²) in [6.07, 6.45) is 1.48. The Morgan fingerprint density at radius 3 is 2.67 bits per heavy atom. The summed E-state index contributed by atoms with van der Waals surface area (Å²) in [4.78, 5) is 0. The van der Waals surface area contributed by atoms with E-state index < -0.39 is 0 Å². The Bertz CT molecular complexity index is 135. The van der Waals surface area contributed by atoms with Gasteiger partial charge in [-0.15, -0.1) is 0 Å². The highest BCUT2D eigenvalue weighted by Crippen LogP contribution is 2.37. The molecular weight excluding hydrogens is 115 g/mol. The Balaban J connectivity index is 2.19. The van der Waals surface area contributed by atoms with E-state index in [1.165, 1.54) is 0 Å². The first-order valence-corrected chi connectivity index (χ1v) is 3.49. The molecule has 3 atom stereocenters. The summed E-state index contributed by atoms with van der Waals surface area (Å²) in [5, 5.41) is 0. The Labute approximate surface area is 55.9 Å². The van der Waals surface area contributed by atoms with Gasteiger partial charge in [0.2, 0.25) is 0 Å². The lowest BCUT2D eigenvalue weighted by Gasteiger charge is -2.25. The monoisotopic (exact) mass is 126 g/mol. The summed E-state index contributed by atoms with van der Waals surface area (Å²) in [5.74, 6) is 0. The topological polar surface area (TPSA) is 18.5 Å². The third kappa shape index (κ3) is 0.716. The van der Waals surface area contributed by atoms with Crippen molar-refractivity contribution in [1.29, 1.82) is 0 Å². The zero-order valence-corrected chi connectivity index (χ0v) is 5.89. The van der Waals surface area contributed by atoms with Crippen LogP contribution in [0.2, 0.25) is 0 Å². The predicted octanol–water partition coefficient (Wildman–Crippen LogP) is -0.477. The summed E-state index contributed by atoms with van der Waals surface area (Å²) in [5.41, 5.74) is 0.0596. The molecule has 0 spiro atoms. The van der Waals surface area contributed by atoms with E-state index in [9.17, 15) is 0 Å². The van der Waals surface area contributed by atoms with E-state index in [0.717, 1.165) is 13.0 Å². The van der Waals surface area contributed by atoms with Gasteiger partial charge >= 0.3 is 0 Å². The van der Waals surface area contributed by atoms with E-state index in [-0.39, 0.29) is 5.60 Å². The van der Waals surface area contributed by atoms with Crippen molar-refractivity contribution in [3.8, 4) is 0 Å². The molecule has 2 saturated heterocycles. The second-order valence-corrected chi connectivity index (χ2v) is 3.33. The molecule has 2 rings (SSSR count). The predicted molar refractivity (Wildman–Crippen MR) is 36.2 cm³/mol. The van der Waals surface area contributed by atoms with E-state index in [1.807, 2.05) is 0 Å². The van der Waals surface area contributed by atoms with Crippen LogP contribution in [0.15, 0.2) is 0 Å². The van der Waals surface area contributed by atoms with Crippen molar-refractivity contribution in [2.75, 3.05) is 6.61 Å². The molecule has 0 amide bonds. The normalized spacial score (nSPS) is 56.6. The molecule has 50 valence electrons. The van der Waals surface area contributed by atoms with Crippen LogP contribution in [-0.2, 0) is 9.47 Å². The highest BCUT2D eigenvalue weighted by molar-refractivity contribution is 6.11. The molecule has 0 radical (unpaired) electrons. The third-order valence-electron chi connectivity index (χ3n) is 2.23. The van der Waals surface area contributed by atoms with Gasteiger partial charge in [-0.25, -0.2) is 0 Å². The molecular formula is C6H11BO2. The highest BCUT2D eigenvalue weighted by atomic mass is 16.6. The minimum atomic E-state index is 0.0596. The van der Waals surface area contributed by atoms with Crippen molar-refractivity contribution < 1.29 is 9.47 Å². The minimum Gasteiger partial charge on any atom is -0.376 e. The highest BCUT2D eigenvalue weighted by Gasteiger charge is 2.47. The smallest absolute Gasteiger partial charge is 0.142 e. The van der Waals surface area contributed by atoms with Crippen molar-refractivity contribution in [2.24, 2.45) is 0 Å². The third-order valence-corrected chi connectivity index (χ3v) is 2.23. The molecule has 2 bridgehead atoms. The number of ether oxygens (including phenoxy) is 2. The summed E-state index contributed by atoms with van der Waals surface area (Å²) in [6, 6.07) is 0.323. The van der Waals surface area contributed by atoms with Crippen LogP contribution in [0, 0.1) is 0 Å². The first-order valence-electron chi connectivity index (χ1n) is 3.49. The lowest BCUT2D eigenvalue weighted by Crippen LogP contribution is -2.34. The van der Waals surface area contributed by atoms with E-state index >= 15 is 0 Å². The van der Waals surface area contributed by atoms with Gasteiger partial charge in [0, 0.05) is 6.42 Å². The number of hydrogen-bond donors (Lipinski definition) is 0. The lowest BCUT2D eigenvalue weighted by atomic mass is 9.94. The second kappa shape index (κ2) is 1.52. The molecule has 3 unspecified atom stereocenters. The van der Waals surface area contributed by atoms with Gasteiger partial charge in [0.1, 0.15) is 7.85 Å². The number of hydrogen-bond acceptors (Lipinski definition) is 2. The Hall–Kier alpha value is -0.0151. The maximum absolute atomic E-state index is 5.62. The summed E-state index contributed by atoms with van der Waals surface area (Å²) in [7, 11) is 2.08. The maximum atomic E-state index is 5.62. The largest absolute Gasteiger partial charge is 0.376 e. The molecule has 9 heavy (non-hydrogen) atoms. The summed E-state index contributed by atoms with van der Waals surface area (Å²) < 4.78 is 11.1. The summed E-state index contributed by atoms with van der Waals surface area (Å²) in [6.45, 7) is 2.92. The first kappa shape index (κ1) is 5.75. The van der Waals surface area contributed by atoms with Gasteiger partial charge in [0.25, 0.3) is 0 Å². The van der Waals surface area contributed by atoms with E-state index in [1.54, 1.807) is 0 Å². The van der Waals surface area contributed by atoms with Crippen LogP contribution < -0.4 is 0 Å². The molecule has 2 nitrogen and oxygen atoms in total. The van der Waals surface area contributed by atoms with Crippen molar-refractivity contribution in [2.45, 2.75) is 31.1 Å². The second-order valence-electron chi connectivity index (χ2n) is 3.33. The van der Waals surface area contributed by atoms with Crippen LogP contribution >= 0.6 is 0 Å². The SMILES string of the molecule is BC1OC2(C)COC1C2. The number of fused-ring (bicyclic) bond motifs is 2. The first-order chi connectivity index (χ1) is 4.20. The van der Waals surface area contributed by atoms with Gasteiger partial charge in [0.15, 0.2) is 0 Å². The average molecular weight is 126 g/mol. The van der Waals surface area contributed by atoms with Crippen LogP contribution in [0.1, 0.15) is 13.3 Å². The van der Waals surface area contributed by atoms with Gasteiger partial charge in [0.05, 0.1) is 24.3 Å². The zero-order chi connectivity index (χ0) is 6.48. The van der Waals surface area contributed by atoms with Crippen LogP contribution in [0.3, 0.4) is 0 Å². The molecule has 0 N–H and O–H groups in total. The van der Waals surface area contributed by atoms with Crippen molar-refractivity contribution >= 4 is 7.85 Å². The van der Waals surface area contributed by atoms with Crippen LogP contribution in [-0.4, -0.2) is 32.2 Å². The molecule has 0 saturated carbocycles. The fraction of sp³-hybridized carbons (Fsp3) is 1.00. The molecule has 2 fully saturated rings. The Kier molecular flexibility index (Phi) is 0.973. The standard InChI is InChI=1S/C6H11BO2/c1-6-2-4(8-3-6)5(7)9-6/h4-5H,2-3,7H2,1H3. The van der Waals surface area contributed by atoms with Gasteiger partial charge in [-0.1, -0.05) is 0 Å². The average Bonchev–Trinajstić information content (AvgIpc) is 2.20. The van der Waals surface area contributed by atoms with Crippen molar-refractivity contribution in [3.05, 3.63) is 0 Å². The molecule has 0 aromatic rings. The van der Waals surface area contributed by atoms with E-state index in [4.69, 9.17) is 9.47 Å². The van der Waals surface area contributed by atoms with Crippen LogP contribution in [0.4, 0.5) is 0 Å². The molecule has 2 aliphatic heterocycles. The molecule has 0 aromatic carbocycles. The molecule has 3 heteroatoms. The van der Waals surface area contributed by atoms with Gasteiger partial charge < -0.3 is 9.47 Å². The zero-order valence-electron chi connectivity index (χ0n) is 5.89. The Morgan fingerprint density at radius 2 is 2.44 bits per heavy atom. The molecule has 2 heterocycles. The quantitative estimate of drug-likeness (QED) is 0.408. The van der Waals surface area contributed by atoms with E-state index in [2.05, 4.69) is 14.8 Å². The fourth-order valence-electron chi connectivity index (χ4n) is 1.74. The summed E-state index contributed by atoms with van der Waals surface area (Å²) >= 11 is 0. The maximum Gasteiger partial charge on any atom is 0.142 e. The minimum absolute atomic E-state index is 0.0596. The van der Waals surface area contributed by atoms with Crippen molar-refractivity contribution in [1.82, 2.24) is 0 Å². The van der Waals surface area contributed by atoms with Crippen LogP contribution in [0.5, 0.6) is 0 Å². The van der Waals surface area contributed by atoms with Gasteiger partial charge in [-0.05, 0) is 6.92 Å². The molecule has 2 aliphatic rings. The lowest BCUT2D eigenvalue weighted by molar-refractivity contribution is -0.103. The van der Waals surface area contributed by atoms with Gasteiger partial charge in [-0.3, -0.25) is 0 Å². The van der Waals surface area contributed by atoms with E-state index in [0.29, 0.717) is 12.1 Å². The van der Waals surface area contributed by atoms with Crippen molar-refractivity contribution in [3.63, 3.8) is 0 Å². The molecule has 0 aromatic heterocycles. The fourth-order valence-corrected chi connectivity index (χ4v) is 1.74. The van der Waals surface area contributed by atoms with Crippen LogP contribution in [0.25, 0.3) is 0 Å². The number of rotatable bonds is 0. The van der Waals surface area contributed by atoms with Gasteiger partial charge in [-0.2, -0.15) is 0 Å². The Morgan fingerprint density at radius 1 is 1.67 bits per heavy atom.